The molecule has 1 atom stereocenters. The van der Waals surface area contributed by atoms with Crippen LogP contribution < -0.4 is 10.4 Å². The molecule has 0 N–H and O–H groups in total. The van der Waals surface area contributed by atoms with E-state index in [-0.39, 0.29) is 10.8 Å². The van der Waals surface area contributed by atoms with E-state index in [1.54, 1.807) is 13.0 Å². The minimum absolute atomic E-state index is 0.0158. The third-order valence-electron chi connectivity index (χ3n) is 4.34. The third kappa shape index (κ3) is 3.42. The number of ketones is 1. The molecule has 24 heavy (non-hydrogen) atoms. The second kappa shape index (κ2) is 7.28. The smallest absolute Gasteiger partial charge is 0.262 e. The molecular weight excluding hydrogens is 312 g/mol. The number of carbonyl (C=O) groups excluding carboxylic acids is 1. The number of carbonyl (C=O) groups is 1. The van der Waals surface area contributed by atoms with Crippen molar-refractivity contribution in [2.45, 2.75) is 38.8 Å². The quantitative estimate of drug-likeness (QED) is 0.593. The Labute approximate surface area is 146 Å². The molecule has 0 aliphatic heterocycles. The lowest BCUT2D eigenvalue weighted by molar-refractivity contribution is -0.122. The first-order valence-electron chi connectivity index (χ1n) is 8.25. The van der Waals surface area contributed by atoms with Crippen molar-refractivity contribution in [1.29, 1.82) is 0 Å². The fraction of sp³-hybridized carbons (Fsp3) is 0.286. The fourth-order valence-electron chi connectivity index (χ4n) is 3.18. The van der Waals surface area contributed by atoms with Gasteiger partial charge in [-0.2, -0.15) is 0 Å². The molecule has 0 aliphatic carbocycles. The summed E-state index contributed by atoms with van der Waals surface area (Å²) >= 11 is 0. The maximum absolute atomic E-state index is 12.1. The zero-order valence-electron chi connectivity index (χ0n) is 15.0. The lowest BCUT2D eigenvalue weighted by atomic mass is 10.2. The van der Waals surface area contributed by atoms with Gasteiger partial charge in [0.15, 0.2) is 5.78 Å². The van der Waals surface area contributed by atoms with Crippen molar-refractivity contribution in [3.63, 3.8) is 0 Å². The van der Waals surface area contributed by atoms with Gasteiger partial charge in [-0.3, -0.25) is 4.79 Å². The van der Waals surface area contributed by atoms with E-state index in [0.717, 1.165) is 10.4 Å². The highest BCUT2D eigenvalue weighted by molar-refractivity contribution is 6.99. The topological polar surface area (TPSA) is 26.3 Å². The first-order valence-corrected chi connectivity index (χ1v) is 10.2. The van der Waals surface area contributed by atoms with Crippen LogP contribution >= 0.6 is 0 Å². The van der Waals surface area contributed by atoms with Gasteiger partial charge in [0.05, 0.1) is 0 Å². The van der Waals surface area contributed by atoms with E-state index in [1.165, 1.54) is 0 Å². The summed E-state index contributed by atoms with van der Waals surface area (Å²) in [7, 11) is -2.69. The van der Waals surface area contributed by atoms with Gasteiger partial charge in [-0.1, -0.05) is 87.5 Å². The molecule has 2 aromatic carbocycles. The summed E-state index contributed by atoms with van der Waals surface area (Å²) in [5.74, 6) is -0.0158. The predicted octanol–water partition coefficient (Wildman–Crippen LogP) is 3.71. The van der Waals surface area contributed by atoms with Crippen LogP contribution in [-0.4, -0.2) is 20.2 Å². The second-order valence-electron chi connectivity index (χ2n) is 7.05. The summed E-state index contributed by atoms with van der Waals surface area (Å²) in [6, 6.07) is 20.6. The van der Waals surface area contributed by atoms with E-state index >= 15 is 0 Å². The van der Waals surface area contributed by atoms with Gasteiger partial charge in [0.1, 0.15) is 6.10 Å². The molecule has 0 saturated heterocycles. The molecule has 2 rings (SSSR count). The summed E-state index contributed by atoms with van der Waals surface area (Å²) in [5, 5.41) is 2.18. The van der Waals surface area contributed by atoms with Crippen molar-refractivity contribution in [3.8, 4) is 0 Å². The minimum Gasteiger partial charge on any atom is -0.394 e. The van der Waals surface area contributed by atoms with Crippen molar-refractivity contribution in [2.75, 3.05) is 0 Å². The van der Waals surface area contributed by atoms with E-state index in [9.17, 15) is 4.79 Å². The van der Waals surface area contributed by atoms with Gasteiger partial charge in [-0.05, 0) is 22.3 Å². The van der Waals surface area contributed by atoms with Gasteiger partial charge in [0.2, 0.25) is 0 Å². The highest BCUT2D eigenvalue weighted by Crippen LogP contribution is 2.37. The van der Waals surface area contributed by atoms with Gasteiger partial charge < -0.3 is 4.43 Å². The summed E-state index contributed by atoms with van der Waals surface area (Å²) in [6.07, 6.45) is 1.01. The molecule has 0 fully saturated rings. The number of Topliss-reactive ketones (excluding diaryl/α,β-unsaturated/α-hetero) is 1. The van der Waals surface area contributed by atoms with Crippen LogP contribution in [0, 0.1) is 0 Å². The van der Waals surface area contributed by atoms with Crippen LogP contribution in [-0.2, 0) is 9.22 Å². The van der Waals surface area contributed by atoms with Crippen LogP contribution in [0.15, 0.2) is 73.3 Å². The van der Waals surface area contributed by atoms with Crippen LogP contribution in [0.1, 0.15) is 27.7 Å². The van der Waals surface area contributed by atoms with E-state index in [0.29, 0.717) is 0 Å². The maximum atomic E-state index is 12.1. The van der Waals surface area contributed by atoms with Crippen LogP contribution in [0.3, 0.4) is 0 Å². The highest BCUT2D eigenvalue weighted by Gasteiger charge is 2.51. The Morgan fingerprint density at radius 1 is 1.00 bits per heavy atom. The first kappa shape index (κ1) is 18.4. The number of hydrogen-bond acceptors (Lipinski definition) is 2. The molecular formula is C21H26O2Si. The Balaban J connectivity index is 2.75. The van der Waals surface area contributed by atoms with Gasteiger partial charge >= 0.3 is 0 Å². The Bertz CT molecular complexity index is 647. The molecule has 0 amide bonds. The minimum atomic E-state index is -2.69. The molecule has 0 aliphatic rings. The average molecular weight is 339 g/mol. The average Bonchev–Trinajstić information content (AvgIpc) is 2.56. The molecule has 3 heteroatoms. The molecule has 2 nitrogen and oxygen atoms in total. The lowest BCUT2D eigenvalue weighted by Gasteiger charge is -2.44. The second-order valence-corrected chi connectivity index (χ2v) is 11.3. The Morgan fingerprint density at radius 3 is 1.71 bits per heavy atom. The van der Waals surface area contributed by atoms with Crippen molar-refractivity contribution < 1.29 is 9.22 Å². The first-order chi connectivity index (χ1) is 11.3. The van der Waals surface area contributed by atoms with Crippen LogP contribution in [0.4, 0.5) is 0 Å². The molecule has 0 radical (unpaired) electrons. The normalized spacial score (nSPS) is 13.3. The van der Waals surface area contributed by atoms with E-state index in [2.05, 4.69) is 51.6 Å². The summed E-state index contributed by atoms with van der Waals surface area (Å²) in [5.41, 5.74) is 0. The SMILES string of the molecule is C=C[C@H](O[Si](c1ccccc1)(c1ccccc1)C(C)(C)C)C(C)=O. The number of benzene rings is 2. The molecule has 0 saturated carbocycles. The van der Waals surface area contributed by atoms with Crippen molar-refractivity contribution >= 4 is 24.5 Å². The maximum Gasteiger partial charge on any atom is 0.262 e. The zero-order valence-corrected chi connectivity index (χ0v) is 16.0. The Hall–Kier alpha value is -1.97. The van der Waals surface area contributed by atoms with Gasteiger partial charge in [0.25, 0.3) is 8.32 Å². The summed E-state index contributed by atoms with van der Waals surface area (Å²) in [4.78, 5) is 12.1. The monoisotopic (exact) mass is 338 g/mol. The molecule has 0 aromatic heterocycles. The van der Waals surface area contributed by atoms with Gasteiger partial charge in [-0.15, -0.1) is 6.58 Å². The molecule has 0 bridgehead atoms. The third-order valence-corrected chi connectivity index (χ3v) is 9.35. The van der Waals surface area contributed by atoms with E-state index in [1.807, 2.05) is 36.4 Å². The largest absolute Gasteiger partial charge is 0.394 e. The van der Waals surface area contributed by atoms with Crippen LogP contribution in [0.5, 0.6) is 0 Å². The number of hydrogen-bond donors (Lipinski definition) is 0. The predicted molar refractivity (Wildman–Crippen MR) is 103 cm³/mol. The van der Waals surface area contributed by atoms with Crippen LogP contribution in [0.25, 0.3) is 0 Å². The summed E-state index contributed by atoms with van der Waals surface area (Å²) in [6.45, 7) is 12.0. The summed E-state index contributed by atoms with van der Waals surface area (Å²) < 4.78 is 6.66. The molecule has 0 unspecified atom stereocenters. The standard InChI is InChI=1S/C21H26O2Si/c1-6-20(17(2)22)23-24(21(3,4)5,18-13-9-7-10-14-18)19-15-11-8-12-16-19/h6-16,20H,1H2,2-5H3/t20-/m0/s1. The molecule has 126 valence electrons. The van der Waals surface area contributed by atoms with Crippen molar-refractivity contribution in [2.24, 2.45) is 0 Å². The highest BCUT2D eigenvalue weighted by atomic mass is 28.4. The van der Waals surface area contributed by atoms with Crippen LogP contribution in [0.2, 0.25) is 5.04 Å². The molecule has 0 spiro atoms. The Kier molecular flexibility index (Phi) is 5.57. The van der Waals surface area contributed by atoms with E-state index in [4.69, 9.17) is 4.43 Å². The molecule has 0 heterocycles. The van der Waals surface area contributed by atoms with Crippen molar-refractivity contribution in [1.82, 2.24) is 0 Å². The molecule has 2 aromatic rings. The zero-order chi connectivity index (χ0) is 17.8. The number of rotatable bonds is 6. The fourth-order valence-corrected chi connectivity index (χ4v) is 7.84. The lowest BCUT2D eigenvalue weighted by Crippen LogP contribution is -2.68. The Morgan fingerprint density at radius 2 is 1.42 bits per heavy atom. The van der Waals surface area contributed by atoms with Gasteiger partial charge in [-0.25, -0.2) is 0 Å². The van der Waals surface area contributed by atoms with Gasteiger partial charge in [0, 0.05) is 0 Å². The van der Waals surface area contributed by atoms with E-state index < -0.39 is 14.4 Å². The van der Waals surface area contributed by atoms with Crippen molar-refractivity contribution in [3.05, 3.63) is 73.3 Å².